The summed E-state index contributed by atoms with van der Waals surface area (Å²) in [7, 11) is 0. The van der Waals surface area contributed by atoms with Crippen LogP contribution in [0.2, 0.25) is 0 Å². The zero-order valence-electron chi connectivity index (χ0n) is 64.9. The molecule has 0 aliphatic carbocycles. The number of ether oxygens (including phenoxy) is 14. The zero-order chi connectivity index (χ0) is 80.6. The van der Waals surface area contributed by atoms with E-state index in [1.807, 2.05) is 315 Å². The van der Waals surface area contributed by atoms with Crippen LogP contribution in [0.1, 0.15) is 77.9 Å². The average Bonchev–Trinajstić information content (AvgIpc) is 0.843. The van der Waals surface area contributed by atoms with Gasteiger partial charge < -0.3 is 66.3 Å². The quantitative estimate of drug-likeness (QED) is 0.0201. The second-order valence-electron chi connectivity index (χ2n) is 27.8. The van der Waals surface area contributed by atoms with E-state index in [-0.39, 0.29) is 39.6 Å². The van der Waals surface area contributed by atoms with Gasteiger partial charge in [-0.3, -0.25) is 9.59 Å². The van der Waals surface area contributed by atoms with Gasteiger partial charge in [0.05, 0.1) is 0 Å². The Hall–Kier alpha value is -13.9. The zero-order valence-corrected chi connectivity index (χ0v) is 66.5. The number of halogens is 1. The minimum absolute atomic E-state index is 0.0726. The van der Waals surface area contributed by atoms with Gasteiger partial charge in [-0.2, -0.15) is 0 Å². The molecule has 0 bridgehead atoms. The summed E-state index contributed by atoms with van der Waals surface area (Å²) in [6.07, 6.45) is 0. The highest BCUT2D eigenvalue weighted by Gasteiger charge is 2.28. The molecule has 0 atom stereocenters. The largest absolute Gasteiger partial charge is 0.489 e. The number of carbonyl (C=O) groups is 2. The first-order valence-electron chi connectivity index (χ1n) is 38.7. The van der Waals surface area contributed by atoms with Crippen LogP contribution >= 0.6 is 15.9 Å². The maximum atomic E-state index is 14.2. The number of hydrogen-bond acceptors (Lipinski definition) is 16. The van der Waals surface area contributed by atoms with Crippen LogP contribution in [0.4, 0.5) is 0 Å². The Bertz CT molecular complexity index is 4580. The lowest BCUT2D eigenvalue weighted by molar-refractivity contribution is -0.154. The Morgan fingerprint density at radius 1 is 0.169 bits per heavy atom. The maximum absolute atomic E-state index is 14.2. The molecule has 16 nitrogen and oxygen atoms in total. The van der Waals surface area contributed by atoms with Gasteiger partial charge in [-0.05, 0) is 151 Å². The van der Waals surface area contributed by atoms with Crippen LogP contribution < -0.4 is 56.8 Å². The predicted octanol–water partition coefficient (Wildman–Crippen LogP) is 22.2. The van der Waals surface area contributed by atoms with Gasteiger partial charge in [0.2, 0.25) is 4.83 Å². The van der Waals surface area contributed by atoms with Crippen LogP contribution in [0.25, 0.3) is 0 Å². The van der Waals surface area contributed by atoms with Crippen LogP contribution in [0.5, 0.6) is 69.0 Å². The molecule has 0 fully saturated rings. The van der Waals surface area contributed by atoms with Crippen molar-refractivity contribution >= 4 is 27.9 Å². The van der Waals surface area contributed by atoms with Crippen molar-refractivity contribution in [2.45, 2.75) is 97.3 Å². The van der Waals surface area contributed by atoms with Crippen LogP contribution in [0.15, 0.2) is 352 Å². The lowest BCUT2D eigenvalue weighted by atomic mass is 10.2. The molecule has 17 heteroatoms. The number of rotatable bonds is 42. The third-order valence-corrected chi connectivity index (χ3v) is 19.2. The maximum Gasteiger partial charge on any atom is 0.331 e. The Morgan fingerprint density at radius 2 is 0.288 bits per heavy atom. The van der Waals surface area contributed by atoms with E-state index in [4.69, 9.17) is 66.3 Å². The number of carbonyl (C=O) groups excluding carboxylic acids is 2. The van der Waals surface area contributed by atoms with E-state index in [1.54, 1.807) is 36.4 Å². The summed E-state index contributed by atoms with van der Waals surface area (Å²) < 4.78 is 89.2. The summed E-state index contributed by atoms with van der Waals surface area (Å²) in [5.74, 6) is 4.43. The minimum atomic E-state index is -1.55. The number of alkyl halides is 1. The van der Waals surface area contributed by atoms with Gasteiger partial charge in [-0.25, -0.2) is 0 Å². The molecule has 14 rings (SSSR count). The summed E-state index contributed by atoms with van der Waals surface area (Å²) in [6, 6.07) is 113. The first-order chi connectivity index (χ1) is 58.1. The average molecular weight is 1640 g/mol. The molecule has 0 aliphatic heterocycles. The molecule has 0 amide bonds. The van der Waals surface area contributed by atoms with Crippen molar-refractivity contribution < 1.29 is 75.9 Å². The molecule has 0 unspecified atom stereocenters. The number of esters is 2. The van der Waals surface area contributed by atoms with Gasteiger partial charge >= 0.3 is 11.9 Å². The molecular formula is C101H87BrO16. The van der Waals surface area contributed by atoms with Crippen molar-refractivity contribution in [3.63, 3.8) is 0 Å². The Labute approximate surface area is 695 Å². The van der Waals surface area contributed by atoms with E-state index in [2.05, 4.69) is 15.9 Å². The topological polar surface area (TPSA) is 163 Å². The first kappa shape index (κ1) is 80.7. The smallest absolute Gasteiger partial charge is 0.331 e. The Balaban J connectivity index is 0.699. The summed E-state index contributed by atoms with van der Waals surface area (Å²) in [4.78, 5) is 26.9. The second-order valence-corrected chi connectivity index (χ2v) is 28.7. The van der Waals surface area contributed by atoms with Crippen molar-refractivity contribution in [3.8, 4) is 69.0 Å². The highest BCUT2D eigenvalue weighted by Crippen LogP contribution is 2.35. The standard InChI is InChI=1S/C101H87BrO16/c102-99(100(103)117-71-85-49-95(113-67-81-41-87(105-59-73-25-9-1-10-26-73)53-88(42-81)106-60-74-27-11-2-12-28-74)57-96(50-85)114-68-82-43-89(107-61-75-29-13-3-14-30-75)54-90(44-82)108-62-76-31-15-4-16-32-76)101(104)118-72-86-51-97(115-69-83-45-91(109-63-77-33-17-5-18-34-77)55-92(46-83)110-64-78-35-19-6-20-36-78)58-98(52-86)116-70-84-47-93(111-65-79-37-21-7-22-38-79)56-94(48-84)112-66-80-39-23-8-24-40-80/h1-58,99H,59-72H2. The van der Waals surface area contributed by atoms with E-state index < -0.39 is 16.8 Å². The second kappa shape index (κ2) is 42.5. The third kappa shape index (κ3) is 26.1. The number of hydrogen-bond donors (Lipinski definition) is 0. The molecule has 0 aromatic heterocycles. The third-order valence-electron chi connectivity index (χ3n) is 18.4. The summed E-state index contributed by atoms with van der Waals surface area (Å²) >= 11 is 3.33. The van der Waals surface area contributed by atoms with Gasteiger partial charge in [0, 0.05) is 36.4 Å². The summed E-state index contributed by atoms with van der Waals surface area (Å²) in [5.41, 5.74) is 12.0. The summed E-state index contributed by atoms with van der Waals surface area (Å²) in [5, 5.41) is 0. The fourth-order valence-electron chi connectivity index (χ4n) is 12.4. The van der Waals surface area contributed by atoms with Crippen molar-refractivity contribution in [2.75, 3.05) is 0 Å². The molecule has 118 heavy (non-hydrogen) atoms. The van der Waals surface area contributed by atoms with E-state index in [9.17, 15) is 9.59 Å². The van der Waals surface area contributed by atoms with Gasteiger partial charge in [0.15, 0.2) is 0 Å². The molecule has 594 valence electrons. The molecule has 0 heterocycles. The molecule has 0 N–H and O–H groups in total. The van der Waals surface area contributed by atoms with Gasteiger partial charge in [-0.15, -0.1) is 0 Å². The molecule has 14 aromatic carbocycles. The van der Waals surface area contributed by atoms with Crippen LogP contribution in [-0.4, -0.2) is 16.8 Å². The molecule has 0 aliphatic rings. The van der Waals surface area contributed by atoms with Crippen molar-refractivity contribution in [3.05, 3.63) is 430 Å². The Morgan fingerprint density at radius 3 is 0.424 bits per heavy atom. The molecule has 0 radical (unpaired) electrons. The molecule has 0 saturated heterocycles. The SMILES string of the molecule is O=C(OCc1cc(OCc2cc(OCc3ccccc3)cc(OCc3ccccc3)c2)cc(OCc2cc(OCc3ccccc3)cc(OCc3ccccc3)c2)c1)C(Br)C(=O)OCc1cc(OCc2cc(OCc3ccccc3)cc(OCc3ccccc3)c2)cc(OCc2cc(OCc3ccccc3)cc(OCc3ccccc3)c2)c1. The monoisotopic (exact) mass is 1630 g/mol. The normalized spacial score (nSPS) is 10.9. The van der Waals surface area contributed by atoms with Gasteiger partial charge in [0.1, 0.15) is 161 Å². The lowest BCUT2D eigenvalue weighted by Crippen LogP contribution is -2.28. The van der Waals surface area contributed by atoms with Gasteiger partial charge in [0.25, 0.3) is 0 Å². The minimum Gasteiger partial charge on any atom is -0.489 e. The number of benzene rings is 14. The highest BCUT2D eigenvalue weighted by atomic mass is 79.9. The van der Waals surface area contributed by atoms with E-state index >= 15 is 0 Å². The van der Waals surface area contributed by atoms with Crippen LogP contribution in [0.3, 0.4) is 0 Å². The lowest BCUT2D eigenvalue weighted by Gasteiger charge is -2.16. The first-order valence-corrected chi connectivity index (χ1v) is 39.6. The Kier molecular flexibility index (Phi) is 29.0. The van der Waals surface area contributed by atoms with Gasteiger partial charge in [-0.1, -0.05) is 259 Å². The van der Waals surface area contributed by atoms with Crippen molar-refractivity contribution in [1.29, 1.82) is 0 Å². The molecule has 0 saturated carbocycles. The molecular weight excluding hydrogens is 1550 g/mol. The van der Waals surface area contributed by atoms with E-state index in [0.29, 0.717) is 133 Å². The van der Waals surface area contributed by atoms with Crippen molar-refractivity contribution in [2.24, 2.45) is 0 Å². The van der Waals surface area contributed by atoms with Crippen LogP contribution in [-0.2, 0) is 112 Å². The van der Waals surface area contributed by atoms with Crippen LogP contribution in [0, 0.1) is 0 Å². The fourth-order valence-corrected chi connectivity index (χ4v) is 12.7. The van der Waals surface area contributed by atoms with Crippen molar-refractivity contribution in [1.82, 2.24) is 0 Å². The predicted molar refractivity (Wildman–Crippen MR) is 454 cm³/mol. The summed E-state index contributed by atoms with van der Waals surface area (Å²) in [6.45, 7) is 2.34. The van der Waals surface area contributed by atoms with E-state index in [1.165, 1.54) is 0 Å². The molecule has 0 spiro atoms. The fraction of sp³-hybridized carbons (Fsp3) is 0.149. The van der Waals surface area contributed by atoms with E-state index in [0.717, 1.165) is 66.8 Å². The highest BCUT2D eigenvalue weighted by molar-refractivity contribution is 9.10. The molecule has 14 aromatic rings.